The summed E-state index contributed by atoms with van der Waals surface area (Å²) in [6, 6.07) is 9.68. The normalized spacial score (nSPS) is 10.2. The highest BCUT2D eigenvalue weighted by Crippen LogP contribution is 2.03. The molecule has 0 saturated heterocycles. The molecule has 0 fully saturated rings. The SMILES string of the molecule is BrCc1nnn(-c2ccccc2)n1. The molecule has 0 radical (unpaired) electrons. The lowest BCUT2D eigenvalue weighted by Gasteiger charge is -1.94. The van der Waals surface area contributed by atoms with Crippen LogP contribution in [0, 0.1) is 0 Å². The maximum atomic E-state index is 4.15. The van der Waals surface area contributed by atoms with Gasteiger partial charge in [-0.05, 0) is 17.3 Å². The van der Waals surface area contributed by atoms with Gasteiger partial charge in [-0.3, -0.25) is 0 Å². The van der Waals surface area contributed by atoms with Crippen molar-refractivity contribution >= 4 is 15.9 Å². The van der Waals surface area contributed by atoms with Crippen molar-refractivity contribution in [1.82, 2.24) is 20.2 Å². The maximum absolute atomic E-state index is 4.15. The zero-order valence-electron chi connectivity index (χ0n) is 6.76. The second kappa shape index (κ2) is 3.66. The standard InChI is InChI=1S/C8H7BrN4/c9-6-8-10-12-13(11-8)7-4-2-1-3-5-7/h1-5H,6H2. The molecule has 1 heterocycles. The molecule has 0 N–H and O–H groups in total. The number of para-hydroxylation sites is 1. The van der Waals surface area contributed by atoms with Crippen LogP contribution in [0.3, 0.4) is 0 Å². The largest absolute Gasteiger partial charge is 0.185 e. The Hall–Kier alpha value is -1.23. The van der Waals surface area contributed by atoms with E-state index in [0.29, 0.717) is 11.2 Å². The third-order valence-corrected chi connectivity index (χ3v) is 2.06. The van der Waals surface area contributed by atoms with E-state index in [2.05, 4.69) is 31.3 Å². The van der Waals surface area contributed by atoms with Crippen molar-refractivity contribution in [3.63, 3.8) is 0 Å². The van der Waals surface area contributed by atoms with Gasteiger partial charge in [-0.1, -0.05) is 34.1 Å². The van der Waals surface area contributed by atoms with Crippen molar-refractivity contribution in [2.75, 3.05) is 0 Å². The summed E-state index contributed by atoms with van der Waals surface area (Å²) in [7, 11) is 0. The van der Waals surface area contributed by atoms with Crippen LogP contribution in [-0.2, 0) is 5.33 Å². The molecule has 4 nitrogen and oxygen atoms in total. The minimum Gasteiger partial charge on any atom is -0.131 e. The summed E-state index contributed by atoms with van der Waals surface area (Å²) in [4.78, 5) is 1.51. The minimum atomic E-state index is 0.625. The van der Waals surface area contributed by atoms with Gasteiger partial charge >= 0.3 is 0 Å². The van der Waals surface area contributed by atoms with Gasteiger partial charge in [-0.15, -0.1) is 15.0 Å². The lowest BCUT2D eigenvalue weighted by Crippen LogP contribution is -1.98. The van der Waals surface area contributed by atoms with Gasteiger partial charge in [-0.2, -0.15) is 0 Å². The molecule has 0 atom stereocenters. The molecular weight excluding hydrogens is 232 g/mol. The van der Waals surface area contributed by atoms with Gasteiger partial charge < -0.3 is 0 Å². The number of hydrogen-bond donors (Lipinski definition) is 0. The summed E-state index contributed by atoms with van der Waals surface area (Å²) in [5.41, 5.74) is 0.919. The van der Waals surface area contributed by atoms with Gasteiger partial charge in [0.25, 0.3) is 0 Å². The van der Waals surface area contributed by atoms with Crippen molar-refractivity contribution in [3.8, 4) is 5.69 Å². The molecule has 0 spiro atoms. The van der Waals surface area contributed by atoms with Crippen molar-refractivity contribution in [3.05, 3.63) is 36.2 Å². The third kappa shape index (κ3) is 1.75. The average molecular weight is 239 g/mol. The predicted molar refractivity (Wildman–Crippen MR) is 51.8 cm³/mol. The third-order valence-electron chi connectivity index (χ3n) is 1.56. The Bertz CT molecular complexity index is 384. The van der Waals surface area contributed by atoms with E-state index in [-0.39, 0.29) is 0 Å². The Morgan fingerprint density at radius 3 is 2.62 bits per heavy atom. The Morgan fingerprint density at radius 1 is 1.23 bits per heavy atom. The number of rotatable bonds is 2. The van der Waals surface area contributed by atoms with E-state index < -0.39 is 0 Å². The summed E-state index contributed by atoms with van der Waals surface area (Å²) < 4.78 is 0. The molecule has 0 amide bonds. The van der Waals surface area contributed by atoms with Crippen LogP contribution in [0.1, 0.15) is 5.82 Å². The number of alkyl halides is 1. The van der Waals surface area contributed by atoms with Crippen LogP contribution in [0.15, 0.2) is 30.3 Å². The smallest absolute Gasteiger partial charge is 0.131 e. The Kier molecular flexibility index (Phi) is 2.35. The minimum absolute atomic E-state index is 0.625. The monoisotopic (exact) mass is 238 g/mol. The molecule has 1 aromatic heterocycles. The predicted octanol–water partition coefficient (Wildman–Crippen LogP) is 1.56. The fourth-order valence-electron chi connectivity index (χ4n) is 0.967. The number of tetrazole rings is 1. The second-order valence-electron chi connectivity index (χ2n) is 2.46. The Labute approximate surface area is 83.7 Å². The molecule has 0 aliphatic heterocycles. The van der Waals surface area contributed by atoms with Crippen LogP contribution in [0.4, 0.5) is 0 Å². The van der Waals surface area contributed by atoms with E-state index in [1.54, 1.807) is 0 Å². The zero-order valence-corrected chi connectivity index (χ0v) is 8.35. The summed E-state index contributed by atoms with van der Waals surface area (Å²) >= 11 is 3.27. The van der Waals surface area contributed by atoms with Crippen LogP contribution < -0.4 is 0 Å². The van der Waals surface area contributed by atoms with Gasteiger partial charge in [-0.25, -0.2) is 0 Å². The van der Waals surface area contributed by atoms with Gasteiger partial charge in [0.05, 0.1) is 11.0 Å². The summed E-state index contributed by atoms with van der Waals surface area (Å²) in [6.07, 6.45) is 0. The van der Waals surface area contributed by atoms with Crippen LogP contribution in [0.25, 0.3) is 5.69 Å². The number of nitrogens with zero attached hydrogens (tertiary/aromatic N) is 4. The molecule has 0 unspecified atom stereocenters. The molecule has 5 heteroatoms. The summed E-state index contributed by atoms with van der Waals surface area (Å²) in [5.74, 6) is 0.684. The van der Waals surface area contributed by atoms with E-state index in [9.17, 15) is 0 Å². The van der Waals surface area contributed by atoms with Crippen LogP contribution >= 0.6 is 15.9 Å². The highest BCUT2D eigenvalue weighted by atomic mass is 79.9. The first kappa shape index (κ1) is 8.37. The second-order valence-corrected chi connectivity index (χ2v) is 3.03. The zero-order chi connectivity index (χ0) is 9.10. The Morgan fingerprint density at radius 2 is 2.00 bits per heavy atom. The van der Waals surface area contributed by atoms with Gasteiger partial charge in [0.2, 0.25) is 0 Å². The quantitative estimate of drug-likeness (QED) is 0.747. The first-order valence-corrected chi connectivity index (χ1v) is 4.92. The van der Waals surface area contributed by atoms with Gasteiger partial charge in [0, 0.05) is 0 Å². The molecule has 0 aliphatic carbocycles. The lowest BCUT2D eigenvalue weighted by atomic mass is 10.3. The van der Waals surface area contributed by atoms with Gasteiger partial charge in [0.15, 0.2) is 5.82 Å². The maximum Gasteiger partial charge on any atom is 0.185 e. The van der Waals surface area contributed by atoms with Crippen molar-refractivity contribution in [1.29, 1.82) is 0 Å². The lowest BCUT2D eigenvalue weighted by molar-refractivity contribution is 0.719. The first-order chi connectivity index (χ1) is 6.40. The number of aromatic nitrogens is 4. The molecule has 0 saturated carbocycles. The molecule has 2 rings (SSSR count). The van der Waals surface area contributed by atoms with Crippen molar-refractivity contribution in [2.45, 2.75) is 5.33 Å². The number of halogens is 1. The van der Waals surface area contributed by atoms with E-state index in [0.717, 1.165) is 5.69 Å². The Balaban J connectivity index is 2.36. The highest BCUT2D eigenvalue weighted by Gasteiger charge is 2.01. The molecular formula is C8H7BrN4. The number of benzene rings is 1. The van der Waals surface area contributed by atoms with Gasteiger partial charge in [0.1, 0.15) is 0 Å². The van der Waals surface area contributed by atoms with Crippen molar-refractivity contribution < 1.29 is 0 Å². The first-order valence-electron chi connectivity index (χ1n) is 3.80. The van der Waals surface area contributed by atoms with E-state index >= 15 is 0 Å². The fraction of sp³-hybridized carbons (Fsp3) is 0.125. The van der Waals surface area contributed by atoms with E-state index in [4.69, 9.17) is 0 Å². The van der Waals surface area contributed by atoms with Crippen molar-refractivity contribution in [2.24, 2.45) is 0 Å². The van der Waals surface area contributed by atoms with Crippen LogP contribution in [0.2, 0.25) is 0 Å². The summed E-state index contributed by atoms with van der Waals surface area (Å²) in [6.45, 7) is 0. The molecule has 0 bridgehead atoms. The molecule has 2 aromatic rings. The topological polar surface area (TPSA) is 43.6 Å². The highest BCUT2D eigenvalue weighted by molar-refractivity contribution is 9.08. The van der Waals surface area contributed by atoms with Crippen LogP contribution in [-0.4, -0.2) is 20.2 Å². The molecule has 66 valence electrons. The fourth-order valence-corrected chi connectivity index (χ4v) is 1.19. The molecule has 1 aromatic carbocycles. The van der Waals surface area contributed by atoms with E-state index in [1.165, 1.54) is 4.80 Å². The summed E-state index contributed by atoms with van der Waals surface area (Å²) in [5, 5.41) is 12.5. The molecule has 0 aliphatic rings. The average Bonchev–Trinajstić information content (AvgIpc) is 2.67. The number of hydrogen-bond acceptors (Lipinski definition) is 3. The molecule has 13 heavy (non-hydrogen) atoms. The van der Waals surface area contributed by atoms with E-state index in [1.807, 2.05) is 30.3 Å². The van der Waals surface area contributed by atoms with Crippen LogP contribution in [0.5, 0.6) is 0 Å².